The lowest BCUT2D eigenvalue weighted by atomic mass is 9.95. The predicted molar refractivity (Wildman–Crippen MR) is 418 cm³/mol. The number of aliphatic imine (C=N–C) groups is 3. The highest BCUT2D eigenvalue weighted by Gasteiger charge is 2.42. The number of guanidine groups is 3. The smallest absolute Gasteiger partial charge is 0.326 e. The summed E-state index contributed by atoms with van der Waals surface area (Å²) in [4.78, 5) is 196. The molecular formula is C70H124N24O15S. The molecule has 1 aliphatic heterocycles. The van der Waals surface area contributed by atoms with Crippen molar-refractivity contribution >= 4 is 107 Å². The van der Waals surface area contributed by atoms with Crippen LogP contribution in [0.4, 0.5) is 4.79 Å². The van der Waals surface area contributed by atoms with Crippen molar-refractivity contribution in [2.75, 3.05) is 51.3 Å². The normalized spacial score (nSPS) is 15.8. The maximum atomic E-state index is 15.1. The van der Waals surface area contributed by atoms with Gasteiger partial charge in [0.05, 0.1) is 6.04 Å². The number of rotatable bonds is 52. The van der Waals surface area contributed by atoms with E-state index in [2.05, 4.69) is 73.5 Å². The van der Waals surface area contributed by atoms with Crippen LogP contribution < -0.4 is 110 Å². The molecule has 1 aromatic carbocycles. The van der Waals surface area contributed by atoms with Crippen molar-refractivity contribution in [3.05, 3.63) is 29.8 Å². The highest BCUT2D eigenvalue weighted by atomic mass is 32.2. The Hall–Kier alpha value is -9.99. The van der Waals surface area contributed by atoms with Gasteiger partial charge in [-0.3, -0.25) is 67.7 Å². The lowest BCUT2D eigenvalue weighted by Gasteiger charge is -2.31. The minimum Gasteiger partial charge on any atom is -0.508 e. The maximum absolute atomic E-state index is 15.1. The fourth-order valence-corrected chi connectivity index (χ4v) is 12.2. The molecule has 40 heteroatoms. The Morgan fingerprint density at radius 2 is 0.900 bits per heavy atom. The van der Waals surface area contributed by atoms with E-state index >= 15 is 9.59 Å². The highest BCUT2D eigenvalue weighted by Crippen LogP contribution is 2.22. The fraction of sp³-hybridized carbons (Fsp3) is 0.686. The number of carbonyl (C=O) groups is 13. The Balaban J connectivity index is 2.75. The van der Waals surface area contributed by atoms with Crippen molar-refractivity contribution in [1.29, 1.82) is 0 Å². The predicted octanol–water partition coefficient (Wildman–Crippen LogP) is -4.31. The van der Waals surface area contributed by atoms with Crippen LogP contribution >= 0.6 is 11.8 Å². The number of aromatic hydroxyl groups is 1. The summed E-state index contributed by atoms with van der Waals surface area (Å²) in [5.74, 6) is -13.0. The van der Waals surface area contributed by atoms with Gasteiger partial charge in [-0.25, -0.2) is 9.59 Å². The summed E-state index contributed by atoms with van der Waals surface area (Å²) in [5.41, 5.74) is 51.5. The molecule has 0 radical (unpaired) electrons. The molecule has 0 saturated carbocycles. The lowest BCUT2D eigenvalue weighted by molar-refractivity contribution is -0.144. The standard InChI is InChI=1S/C70H124N24O15S/c1-10-40(8)54(64(105)91-51(37(2)3)62(103)90-52(38(4)5)63(104)92-53(39(6)7)66(107)108)93-59(100)47(21-15-32-82-69(77)78)85-56(97)44(19-13-30-80-67(73)74)84-57(98)45(22-16-33-83-70(79)109)86-60(101)49(36-41-24-26-42(95)27-25-41)89-58(99)46(20-14-31-81-68(75)76)87-61(102)50-23-17-34-94(50)65(106)48(18-11-12-29-71)88-55(96)43(72)28-35-110-9/h24-27,37-40,43-54,95H,10-23,28-36,71-72H2,1-9H3,(H,84,98)(H,85,97)(H,86,101)(H,87,102)(H,88,96)(H,89,99)(H,90,103)(H,91,105)(H,92,104)(H,93,100)(H,107,108)(H4,73,74,80)(H4,75,76,81)(H4,77,78,82)(H3,79,83,109)/t40-,43-,44-,45-,46-,47-,48-,49-,50-,51-,52-,53-,54-/m0/s1. The van der Waals surface area contributed by atoms with E-state index in [4.69, 9.17) is 51.6 Å². The van der Waals surface area contributed by atoms with E-state index in [1.807, 2.05) is 6.26 Å². The number of phenols is 1. The number of phenolic OH excluding ortho intramolecular Hbond substituents is 1. The van der Waals surface area contributed by atoms with Gasteiger partial charge >= 0.3 is 12.0 Å². The molecular weight excluding hydrogens is 1450 g/mol. The number of urea groups is 1. The van der Waals surface area contributed by atoms with E-state index in [1.54, 1.807) is 55.4 Å². The number of carboxylic acid groups (broad SMARTS) is 1. The second kappa shape index (κ2) is 50.7. The topological polar surface area (TPSA) is 669 Å². The van der Waals surface area contributed by atoms with Gasteiger partial charge < -0.3 is 125 Å². The number of aliphatic carboxylic acids is 1. The van der Waals surface area contributed by atoms with Crippen LogP contribution in [0.15, 0.2) is 39.2 Å². The molecule has 1 aromatic rings. The number of benzene rings is 1. The number of nitrogens with zero attached hydrogens (tertiary/aromatic N) is 4. The van der Waals surface area contributed by atoms with Crippen LogP contribution in [0, 0.1) is 23.7 Å². The first-order valence-corrected chi connectivity index (χ1v) is 38.8. The van der Waals surface area contributed by atoms with E-state index in [0.29, 0.717) is 50.0 Å². The van der Waals surface area contributed by atoms with Gasteiger partial charge in [-0.1, -0.05) is 73.9 Å². The number of thioether (sulfide) groups is 1. The summed E-state index contributed by atoms with van der Waals surface area (Å²) in [7, 11) is 0. The molecule has 1 fully saturated rings. The van der Waals surface area contributed by atoms with Crippen molar-refractivity contribution in [2.45, 2.75) is 231 Å². The van der Waals surface area contributed by atoms with Crippen molar-refractivity contribution < 1.29 is 72.5 Å². The van der Waals surface area contributed by atoms with Gasteiger partial charge in [-0.05, 0) is 150 Å². The number of carbonyl (C=O) groups excluding carboxylic acids is 12. The van der Waals surface area contributed by atoms with Crippen LogP contribution in [0.25, 0.3) is 0 Å². The molecule has 1 saturated heterocycles. The Morgan fingerprint density at radius 1 is 0.500 bits per heavy atom. The summed E-state index contributed by atoms with van der Waals surface area (Å²) in [6.45, 7) is 13.4. The number of nitrogens with two attached hydrogens (primary N) is 9. The molecule has 0 spiro atoms. The molecule has 0 bridgehead atoms. The highest BCUT2D eigenvalue weighted by molar-refractivity contribution is 7.98. The first kappa shape index (κ1) is 96.1. The van der Waals surface area contributed by atoms with Crippen molar-refractivity contribution in [2.24, 2.45) is 90.3 Å². The summed E-state index contributed by atoms with van der Waals surface area (Å²) in [6, 6.07) is -11.3. The molecule has 620 valence electrons. The van der Waals surface area contributed by atoms with E-state index in [-0.39, 0.29) is 127 Å². The Kier molecular flexibility index (Phi) is 44.3. The van der Waals surface area contributed by atoms with Gasteiger partial charge in [0.25, 0.3) is 0 Å². The Labute approximate surface area is 647 Å². The van der Waals surface area contributed by atoms with Gasteiger partial charge in [-0.2, -0.15) is 11.8 Å². The summed E-state index contributed by atoms with van der Waals surface area (Å²) in [6.07, 6.45) is 3.26. The number of nitrogens with one attached hydrogen (secondary N) is 11. The number of hydrogen-bond donors (Lipinski definition) is 22. The number of primary amides is 1. The van der Waals surface area contributed by atoms with Crippen molar-refractivity contribution in [3.63, 3.8) is 0 Å². The van der Waals surface area contributed by atoms with Crippen LogP contribution in [-0.4, -0.2) is 234 Å². The van der Waals surface area contributed by atoms with Gasteiger partial charge in [0, 0.05) is 39.1 Å². The largest absolute Gasteiger partial charge is 0.508 e. The van der Waals surface area contributed by atoms with E-state index in [1.165, 1.54) is 40.9 Å². The molecule has 1 heterocycles. The van der Waals surface area contributed by atoms with Gasteiger partial charge in [0.15, 0.2) is 17.9 Å². The van der Waals surface area contributed by atoms with Crippen LogP contribution in [0.2, 0.25) is 0 Å². The molecule has 31 N–H and O–H groups in total. The SMILES string of the molecule is CC[C@H](C)[C@H](NC(=O)[C@H](CCCN=C(N)N)NC(=O)[C@H](CCCN=C(N)N)NC(=O)[C@H](CCCNC(N)=O)NC(=O)[C@H](Cc1ccc(O)cc1)NC(=O)[C@H](CCCN=C(N)N)NC(=O)[C@@H]1CCCN1C(=O)[C@H](CCCCN)NC(=O)[C@@H](N)CCSC)C(=O)N[C@H](C(=O)N[C@H](C(=O)N[C@H](C(=O)O)C(C)C)C(C)C)C(C)C. The number of hydrogen-bond acceptors (Lipinski definition) is 20. The molecule has 39 nitrogen and oxygen atoms in total. The third-order valence-corrected chi connectivity index (χ3v) is 18.9. The molecule has 2 rings (SSSR count). The quantitative estimate of drug-likeness (QED) is 0.0167. The Bertz CT molecular complexity index is 3260. The summed E-state index contributed by atoms with van der Waals surface area (Å²) in [5, 5.41) is 49.3. The van der Waals surface area contributed by atoms with Crippen LogP contribution in [0.5, 0.6) is 5.75 Å². The molecule has 0 aliphatic carbocycles. The molecule has 1 aliphatic rings. The van der Waals surface area contributed by atoms with Crippen LogP contribution in [0.3, 0.4) is 0 Å². The lowest BCUT2D eigenvalue weighted by Crippen LogP contribution is -2.62. The average Bonchev–Trinajstić information content (AvgIpc) is 1.59. The third-order valence-electron chi connectivity index (χ3n) is 18.2. The first-order chi connectivity index (χ1) is 51.9. The second-order valence-corrected chi connectivity index (χ2v) is 29.3. The van der Waals surface area contributed by atoms with E-state index in [0.717, 1.165) is 0 Å². The minimum absolute atomic E-state index is 0.0108. The van der Waals surface area contributed by atoms with Gasteiger partial charge in [0.2, 0.25) is 65.0 Å². The average molecular weight is 1570 g/mol. The molecule has 0 unspecified atom stereocenters. The van der Waals surface area contributed by atoms with E-state index in [9.17, 15) is 63.0 Å². The number of likely N-dealkylation sites (tertiary alicyclic amines) is 1. The zero-order chi connectivity index (χ0) is 82.9. The van der Waals surface area contributed by atoms with Gasteiger partial charge in [0.1, 0.15) is 72.2 Å². The zero-order valence-corrected chi connectivity index (χ0v) is 65.7. The third kappa shape index (κ3) is 35.6. The zero-order valence-electron chi connectivity index (χ0n) is 64.9. The molecule has 0 aromatic heterocycles. The molecule has 13 amide bonds. The fourth-order valence-electron chi connectivity index (χ4n) is 11.7. The monoisotopic (exact) mass is 1570 g/mol. The summed E-state index contributed by atoms with van der Waals surface area (Å²) >= 11 is 1.50. The van der Waals surface area contributed by atoms with Gasteiger partial charge in [-0.15, -0.1) is 0 Å². The van der Waals surface area contributed by atoms with Crippen LogP contribution in [-0.2, 0) is 64.0 Å². The van der Waals surface area contributed by atoms with Crippen LogP contribution in [0.1, 0.15) is 157 Å². The first-order valence-electron chi connectivity index (χ1n) is 37.4. The summed E-state index contributed by atoms with van der Waals surface area (Å²) < 4.78 is 0. The van der Waals surface area contributed by atoms with E-state index < -0.39 is 173 Å². The van der Waals surface area contributed by atoms with Crippen molar-refractivity contribution in [1.82, 2.24) is 63.4 Å². The molecule has 110 heavy (non-hydrogen) atoms. The van der Waals surface area contributed by atoms with Crippen molar-refractivity contribution in [3.8, 4) is 5.75 Å². The number of unbranched alkanes of at least 4 members (excludes halogenated alkanes) is 1. The second-order valence-electron chi connectivity index (χ2n) is 28.3. The Morgan fingerprint density at radius 3 is 1.33 bits per heavy atom. The number of amides is 13. The maximum Gasteiger partial charge on any atom is 0.326 e. The minimum atomic E-state index is -1.60. The number of carboxylic acids is 1. The molecule has 13 atom stereocenters.